The van der Waals surface area contributed by atoms with E-state index in [1.165, 1.54) is 0 Å². The number of rotatable bonds is 1. The maximum Gasteiger partial charge on any atom is 0.410 e. The van der Waals surface area contributed by atoms with Crippen LogP contribution in [0.2, 0.25) is 0 Å². The van der Waals surface area contributed by atoms with Gasteiger partial charge >= 0.3 is 12.1 Å². The van der Waals surface area contributed by atoms with Gasteiger partial charge in [-0.05, 0) is 46.5 Å². The highest BCUT2D eigenvalue weighted by atomic mass is 16.6. The van der Waals surface area contributed by atoms with E-state index in [9.17, 15) is 9.59 Å². The fourth-order valence-electron chi connectivity index (χ4n) is 3.63. The molecule has 1 aliphatic carbocycles. The number of carbonyl (C=O) groups is 2. The maximum absolute atomic E-state index is 12.5. The van der Waals surface area contributed by atoms with E-state index in [0.29, 0.717) is 6.54 Å². The number of nitrogens with zero attached hydrogens (tertiary/aromatic N) is 1. The van der Waals surface area contributed by atoms with Crippen molar-refractivity contribution in [2.45, 2.75) is 63.7 Å². The summed E-state index contributed by atoms with van der Waals surface area (Å²) in [6.45, 7) is 6.23. The van der Waals surface area contributed by atoms with E-state index in [-0.39, 0.29) is 18.1 Å². The third-order valence-electron chi connectivity index (χ3n) is 4.44. The Morgan fingerprint density at radius 1 is 1.45 bits per heavy atom. The summed E-state index contributed by atoms with van der Waals surface area (Å²) < 4.78 is 11.2. The molecule has 5 nitrogen and oxygen atoms in total. The second-order valence-electron chi connectivity index (χ2n) is 7.18. The molecule has 3 aliphatic rings. The lowest BCUT2D eigenvalue weighted by Crippen LogP contribution is -2.54. The fourth-order valence-corrected chi connectivity index (χ4v) is 3.63. The second-order valence-corrected chi connectivity index (χ2v) is 7.18. The molecular weight excluding hydrogens is 282 g/mol. The predicted molar refractivity (Wildman–Crippen MR) is 81.2 cm³/mol. The maximum atomic E-state index is 12.5. The summed E-state index contributed by atoms with van der Waals surface area (Å²) in [4.78, 5) is 26.1. The number of amides is 1. The van der Waals surface area contributed by atoms with Gasteiger partial charge in [-0.2, -0.15) is 0 Å². The van der Waals surface area contributed by atoms with Gasteiger partial charge in [-0.1, -0.05) is 12.2 Å². The highest BCUT2D eigenvalue weighted by Gasteiger charge is 2.54. The van der Waals surface area contributed by atoms with Crippen LogP contribution in [0.25, 0.3) is 0 Å². The minimum absolute atomic E-state index is 0.134. The van der Waals surface area contributed by atoms with Gasteiger partial charge in [0.15, 0.2) is 5.60 Å². The topological polar surface area (TPSA) is 55.8 Å². The summed E-state index contributed by atoms with van der Waals surface area (Å²) >= 11 is 0. The van der Waals surface area contributed by atoms with E-state index in [0.717, 1.165) is 31.3 Å². The van der Waals surface area contributed by atoms with Crippen molar-refractivity contribution in [1.29, 1.82) is 0 Å². The van der Waals surface area contributed by atoms with E-state index in [2.05, 4.69) is 6.08 Å². The first kappa shape index (κ1) is 15.1. The number of hydrogen-bond donors (Lipinski definition) is 0. The molecule has 0 spiro atoms. The summed E-state index contributed by atoms with van der Waals surface area (Å²) in [5.41, 5.74) is -0.317. The van der Waals surface area contributed by atoms with Crippen LogP contribution in [-0.4, -0.2) is 40.8 Å². The number of ether oxygens (including phenoxy) is 2. The second kappa shape index (κ2) is 5.14. The minimum atomic E-state index is -0.681. The van der Waals surface area contributed by atoms with Crippen LogP contribution in [0.1, 0.15) is 46.5 Å². The van der Waals surface area contributed by atoms with Crippen LogP contribution in [0.5, 0.6) is 0 Å². The quantitative estimate of drug-likeness (QED) is 0.699. The van der Waals surface area contributed by atoms with Gasteiger partial charge < -0.3 is 14.4 Å². The van der Waals surface area contributed by atoms with E-state index in [4.69, 9.17) is 9.47 Å². The Morgan fingerprint density at radius 2 is 2.23 bits per heavy atom. The van der Waals surface area contributed by atoms with Gasteiger partial charge in [0.25, 0.3) is 0 Å². The van der Waals surface area contributed by atoms with Crippen molar-refractivity contribution >= 4 is 12.1 Å². The third kappa shape index (κ3) is 2.53. The molecule has 2 heterocycles. The standard InChI is InChI=1S/C17H23NO4/c1-16(2,3)22-15(20)18-10-6-8-13(18)17-9-5-4-7-12(17)11-14(19)21-17/h4,7,11,13H,5-6,8-10H2,1-3H3/t13-,17?/m1/s1. The summed E-state index contributed by atoms with van der Waals surface area (Å²) in [6.07, 6.45) is 8.56. The molecule has 2 aliphatic heterocycles. The van der Waals surface area contributed by atoms with Crippen LogP contribution in [-0.2, 0) is 14.3 Å². The molecule has 1 fully saturated rings. The Labute approximate surface area is 130 Å². The highest BCUT2D eigenvalue weighted by molar-refractivity contribution is 5.88. The van der Waals surface area contributed by atoms with Gasteiger partial charge in [0, 0.05) is 18.2 Å². The molecule has 3 rings (SSSR count). The number of allylic oxidation sites excluding steroid dienone is 1. The molecule has 0 aromatic rings. The zero-order valence-corrected chi connectivity index (χ0v) is 13.4. The molecule has 0 aromatic heterocycles. The van der Waals surface area contributed by atoms with Crippen LogP contribution in [0.4, 0.5) is 4.79 Å². The fraction of sp³-hybridized carbons (Fsp3) is 0.647. The lowest BCUT2D eigenvalue weighted by molar-refractivity contribution is -0.151. The van der Waals surface area contributed by atoms with Crippen molar-refractivity contribution in [2.24, 2.45) is 0 Å². The Balaban J connectivity index is 1.87. The van der Waals surface area contributed by atoms with Crippen molar-refractivity contribution in [3.8, 4) is 0 Å². The number of likely N-dealkylation sites (tertiary alicyclic amines) is 1. The summed E-state index contributed by atoms with van der Waals surface area (Å²) in [5, 5.41) is 0. The lowest BCUT2D eigenvalue weighted by Gasteiger charge is -2.41. The summed E-state index contributed by atoms with van der Waals surface area (Å²) in [5.74, 6) is -0.308. The third-order valence-corrected chi connectivity index (χ3v) is 4.44. The van der Waals surface area contributed by atoms with Gasteiger partial charge in [-0.15, -0.1) is 0 Å². The number of hydrogen-bond acceptors (Lipinski definition) is 4. The van der Waals surface area contributed by atoms with Gasteiger partial charge in [0.2, 0.25) is 0 Å². The van der Waals surface area contributed by atoms with Gasteiger partial charge in [-0.3, -0.25) is 0 Å². The molecule has 22 heavy (non-hydrogen) atoms. The average molecular weight is 305 g/mol. The number of esters is 1. The van der Waals surface area contributed by atoms with E-state index < -0.39 is 11.2 Å². The van der Waals surface area contributed by atoms with Gasteiger partial charge in [0.05, 0.1) is 6.04 Å². The molecule has 1 unspecified atom stereocenters. The molecule has 2 atom stereocenters. The first-order valence-electron chi connectivity index (χ1n) is 7.93. The van der Waals surface area contributed by atoms with Crippen molar-refractivity contribution in [2.75, 3.05) is 6.54 Å². The van der Waals surface area contributed by atoms with Crippen molar-refractivity contribution in [1.82, 2.24) is 4.90 Å². The monoisotopic (exact) mass is 305 g/mol. The predicted octanol–water partition coefficient (Wildman–Crippen LogP) is 2.96. The average Bonchev–Trinajstić information content (AvgIpc) is 2.99. The van der Waals surface area contributed by atoms with Crippen molar-refractivity contribution < 1.29 is 19.1 Å². The Kier molecular flexibility index (Phi) is 3.54. The smallest absolute Gasteiger partial charge is 0.410 e. The first-order valence-corrected chi connectivity index (χ1v) is 7.93. The summed E-state index contributed by atoms with van der Waals surface area (Å²) in [6, 6.07) is -0.134. The van der Waals surface area contributed by atoms with Crippen LogP contribution in [0, 0.1) is 0 Å². The molecule has 0 N–H and O–H groups in total. The molecule has 120 valence electrons. The zero-order chi connectivity index (χ0) is 16.0. The number of fused-ring (bicyclic) bond motifs is 1. The van der Waals surface area contributed by atoms with E-state index >= 15 is 0 Å². The SMILES string of the molecule is CC(C)(C)OC(=O)N1CCC[C@@H]1C12CCC=CC1=CC(=O)O2. The van der Waals surface area contributed by atoms with Gasteiger partial charge in [0.1, 0.15) is 5.60 Å². The Bertz CT molecular complexity index is 557. The lowest BCUT2D eigenvalue weighted by atomic mass is 9.78. The largest absolute Gasteiger partial charge is 0.449 e. The van der Waals surface area contributed by atoms with Gasteiger partial charge in [-0.25, -0.2) is 9.59 Å². The molecule has 0 aromatic carbocycles. The van der Waals surface area contributed by atoms with Crippen LogP contribution in [0.3, 0.4) is 0 Å². The molecule has 0 radical (unpaired) electrons. The van der Waals surface area contributed by atoms with Crippen LogP contribution in [0.15, 0.2) is 23.8 Å². The molecule has 1 amide bonds. The van der Waals surface area contributed by atoms with Crippen molar-refractivity contribution in [3.05, 3.63) is 23.8 Å². The normalized spacial score (nSPS) is 30.9. The van der Waals surface area contributed by atoms with Crippen LogP contribution < -0.4 is 0 Å². The molecule has 0 bridgehead atoms. The van der Waals surface area contributed by atoms with Crippen molar-refractivity contribution in [3.63, 3.8) is 0 Å². The minimum Gasteiger partial charge on any atom is -0.449 e. The summed E-state index contributed by atoms with van der Waals surface area (Å²) in [7, 11) is 0. The highest BCUT2D eigenvalue weighted by Crippen LogP contribution is 2.45. The molecule has 0 saturated carbocycles. The molecular formula is C17H23NO4. The molecule has 1 saturated heterocycles. The Morgan fingerprint density at radius 3 is 2.95 bits per heavy atom. The number of carbonyl (C=O) groups excluding carboxylic acids is 2. The molecule has 5 heteroatoms. The zero-order valence-electron chi connectivity index (χ0n) is 13.4. The van der Waals surface area contributed by atoms with E-state index in [1.807, 2.05) is 26.8 Å². The Hall–Kier alpha value is -1.78. The van der Waals surface area contributed by atoms with Crippen LogP contribution >= 0.6 is 0 Å². The van der Waals surface area contributed by atoms with E-state index in [1.54, 1.807) is 11.0 Å². The first-order chi connectivity index (χ1) is 10.3.